The van der Waals surface area contributed by atoms with Gasteiger partial charge >= 0.3 is 6.09 Å². The molecule has 5 nitrogen and oxygen atoms in total. The molecule has 0 aromatic heterocycles. The highest BCUT2D eigenvalue weighted by molar-refractivity contribution is 5.68. The van der Waals surface area contributed by atoms with Crippen LogP contribution in [0.15, 0.2) is 18.2 Å². The van der Waals surface area contributed by atoms with Gasteiger partial charge in [-0.3, -0.25) is 0 Å². The van der Waals surface area contributed by atoms with E-state index in [2.05, 4.69) is 5.32 Å². The molecular weight excluding hydrogens is 268 g/mol. The van der Waals surface area contributed by atoms with E-state index in [0.717, 1.165) is 16.9 Å². The third kappa shape index (κ3) is 6.04. The zero-order valence-electron chi connectivity index (χ0n) is 13.5. The maximum absolute atomic E-state index is 11.8. The Morgan fingerprint density at radius 2 is 2.05 bits per heavy atom. The summed E-state index contributed by atoms with van der Waals surface area (Å²) >= 11 is 0. The van der Waals surface area contributed by atoms with Gasteiger partial charge < -0.3 is 20.5 Å². The Morgan fingerprint density at radius 3 is 2.57 bits per heavy atom. The van der Waals surface area contributed by atoms with Crippen molar-refractivity contribution in [2.75, 3.05) is 13.7 Å². The predicted molar refractivity (Wildman–Crippen MR) is 83.6 cm³/mol. The summed E-state index contributed by atoms with van der Waals surface area (Å²) in [4.78, 5) is 11.8. The lowest BCUT2D eigenvalue weighted by Gasteiger charge is -2.23. The average Bonchev–Trinajstić information content (AvgIpc) is 2.37. The van der Waals surface area contributed by atoms with Crippen molar-refractivity contribution in [3.05, 3.63) is 29.3 Å². The van der Waals surface area contributed by atoms with Crippen molar-refractivity contribution in [3.63, 3.8) is 0 Å². The molecule has 5 heteroatoms. The minimum absolute atomic E-state index is 0.198. The molecule has 118 valence electrons. The average molecular weight is 294 g/mol. The van der Waals surface area contributed by atoms with Crippen molar-refractivity contribution in [2.24, 2.45) is 5.73 Å². The summed E-state index contributed by atoms with van der Waals surface area (Å²) < 4.78 is 10.6. The van der Waals surface area contributed by atoms with Crippen molar-refractivity contribution >= 4 is 6.09 Å². The van der Waals surface area contributed by atoms with Crippen LogP contribution in [0.1, 0.15) is 31.9 Å². The van der Waals surface area contributed by atoms with Crippen molar-refractivity contribution in [3.8, 4) is 5.75 Å². The van der Waals surface area contributed by atoms with E-state index in [9.17, 15) is 4.79 Å². The van der Waals surface area contributed by atoms with Gasteiger partial charge in [0, 0.05) is 12.6 Å². The number of aryl methyl sites for hydroxylation is 1. The molecule has 0 fully saturated rings. The van der Waals surface area contributed by atoms with E-state index < -0.39 is 11.7 Å². The first-order chi connectivity index (χ1) is 9.75. The van der Waals surface area contributed by atoms with Crippen molar-refractivity contribution in [2.45, 2.75) is 45.8 Å². The van der Waals surface area contributed by atoms with E-state index in [1.54, 1.807) is 7.11 Å². The summed E-state index contributed by atoms with van der Waals surface area (Å²) in [6.45, 7) is 7.81. The summed E-state index contributed by atoms with van der Waals surface area (Å²) in [7, 11) is 1.64. The first-order valence-electron chi connectivity index (χ1n) is 7.08. The summed E-state index contributed by atoms with van der Waals surface area (Å²) in [6, 6.07) is 5.78. The summed E-state index contributed by atoms with van der Waals surface area (Å²) in [5.41, 5.74) is 7.35. The van der Waals surface area contributed by atoms with E-state index in [1.165, 1.54) is 0 Å². The zero-order valence-corrected chi connectivity index (χ0v) is 13.5. The second-order valence-corrected chi connectivity index (χ2v) is 6.10. The molecule has 1 unspecified atom stereocenters. The van der Waals surface area contributed by atoms with E-state index in [4.69, 9.17) is 15.2 Å². The fourth-order valence-corrected chi connectivity index (χ4v) is 1.95. The molecule has 0 aliphatic rings. The highest BCUT2D eigenvalue weighted by Gasteiger charge is 2.19. The SMILES string of the molecule is COc1cc(C)ccc1CC(CN)NC(=O)OC(C)(C)C. The molecule has 1 aromatic carbocycles. The van der Waals surface area contributed by atoms with E-state index in [1.807, 2.05) is 45.9 Å². The van der Waals surface area contributed by atoms with Crippen LogP contribution in [-0.2, 0) is 11.2 Å². The third-order valence-electron chi connectivity index (χ3n) is 2.91. The Morgan fingerprint density at radius 1 is 1.38 bits per heavy atom. The molecule has 0 aliphatic heterocycles. The number of nitrogens with two attached hydrogens (primary N) is 1. The molecule has 1 atom stereocenters. The van der Waals surface area contributed by atoms with Crippen molar-refractivity contribution in [1.29, 1.82) is 0 Å². The van der Waals surface area contributed by atoms with Gasteiger partial charge in [0.25, 0.3) is 0 Å². The van der Waals surface area contributed by atoms with Crippen LogP contribution in [0.3, 0.4) is 0 Å². The number of nitrogens with one attached hydrogen (secondary N) is 1. The van der Waals surface area contributed by atoms with Gasteiger partial charge in [0.15, 0.2) is 0 Å². The Hall–Kier alpha value is -1.75. The Bertz CT molecular complexity index is 481. The number of benzene rings is 1. The normalized spacial score (nSPS) is 12.7. The minimum atomic E-state index is -0.523. The van der Waals surface area contributed by atoms with Gasteiger partial charge in [0.1, 0.15) is 11.4 Å². The second kappa shape index (κ2) is 7.31. The van der Waals surface area contributed by atoms with E-state index >= 15 is 0 Å². The third-order valence-corrected chi connectivity index (χ3v) is 2.91. The molecule has 1 amide bonds. The number of alkyl carbamates (subject to hydrolysis) is 1. The molecule has 0 aliphatic carbocycles. The van der Waals surface area contributed by atoms with Crippen LogP contribution in [0.25, 0.3) is 0 Å². The first kappa shape index (κ1) is 17.3. The molecule has 21 heavy (non-hydrogen) atoms. The van der Waals surface area contributed by atoms with Crippen LogP contribution >= 0.6 is 0 Å². The summed E-state index contributed by atoms with van der Waals surface area (Å²) in [5.74, 6) is 0.805. The van der Waals surface area contributed by atoms with Gasteiger partial charge in [0.05, 0.1) is 7.11 Å². The minimum Gasteiger partial charge on any atom is -0.496 e. The van der Waals surface area contributed by atoms with E-state index in [0.29, 0.717) is 13.0 Å². The van der Waals surface area contributed by atoms with Crippen LogP contribution in [-0.4, -0.2) is 31.4 Å². The molecular formula is C16H26N2O3. The van der Waals surface area contributed by atoms with Crippen LogP contribution in [0.4, 0.5) is 4.79 Å². The Kier molecular flexibility index (Phi) is 6.03. The lowest BCUT2D eigenvalue weighted by Crippen LogP contribution is -2.44. The molecule has 1 aromatic rings. The van der Waals surface area contributed by atoms with Gasteiger partial charge in [0.2, 0.25) is 0 Å². The lowest BCUT2D eigenvalue weighted by molar-refractivity contribution is 0.0505. The fourth-order valence-electron chi connectivity index (χ4n) is 1.95. The number of hydrogen-bond acceptors (Lipinski definition) is 4. The standard InChI is InChI=1S/C16H26N2O3/c1-11-6-7-12(14(8-11)20-5)9-13(10-17)18-15(19)21-16(2,3)4/h6-8,13H,9-10,17H2,1-5H3,(H,18,19). The Labute approximate surface area is 126 Å². The highest BCUT2D eigenvalue weighted by Crippen LogP contribution is 2.21. The van der Waals surface area contributed by atoms with E-state index in [-0.39, 0.29) is 6.04 Å². The number of ether oxygens (including phenoxy) is 2. The molecule has 0 bridgehead atoms. The smallest absolute Gasteiger partial charge is 0.407 e. The molecule has 0 heterocycles. The molecule has 3 N–H and O–H groups in total. The number of methoxy groups -OCH3 is 1. The van der Waals surface area contributed by atoms with Gasteiger partial charge in [-0.05, 0) is 51.3 Å². The summed E-state index contributed by atoms with van der Waals surface area (Å²) in [5, 5.41) is 2.80. The first-order valence-corrected chi connectivity index (χ1v) is 7.08. The molecule has 0 saturated heterocycles. The summed E-state index contributed by atoms with van der Waals surface area (Å²) in [6.07, 6.45) is 0.142. The quantitative estimate of drug-likeness (QED) is 0.874. The molecule has 0 spiro atoms. The monoisotopic (exact) mass is 294 g/mol. The number of carbonyl (C=O) groups excluding carboxylic acids is 1. The highest BCUT2D eigenvalue weighted by atomic mass is 16.6. The van der Waals surface area contributed by atoms with Crippen molar-refractivity contribution in [1.82, 2.24) is 5.32 Å². The molecule has 0 radical (unpaired) electrons. The van der Waals surface area contributed by atoms with Crippen LogP contribution in [0, 0.1) is 6.92 Å². The molecule has 0 saturated carbocycles. The van der Waals surface area contributed by atoms with Crippen LogP contribution in [0.2, 0.25) is 0 Å². The van der Waals surface area contributed by atoms with Gasteiger partial charge in [-0.25, -0.2) is 4.79 Å². The topological polar surface area (TPSA) is 73.6 Å². The molecule has 1 rings (SSSR count). The number of carbonyl (C=O) groups is 1. The number of hydrogen-bond donors (Lipinski definition) is 2. The van der Waals surface area contributed by atoms with Gasteiger partial charge in [-0.1, -0.05) is 12.1 Å². The van der Waals surface area contributed by atoms with Gasteiger partial charge in [-0.2, -0.15) is 0 Å². The second-order valence-electron chi connectivity index (χ2n) is 6.10. The largest absolute Gasteiger partial charge is 0.496 e. The van der Waals surface area contributed by atoms with Crippen LogP contribution < -0.4 is 15.8 Å². The predicted octanol–water partition coefficient (Wildman–Crippen LogP) is 2.40. The number of rotatable bonds is 5. The Balaban J connectivity index is 2.72. The van der Waals surface area contributed by atoms with Crippen LogP contribution in [0.5, 0.6) is 5.75 Å². The van der Waals surface area contributed by atoms with Gasteiger partial charge in [-0.15, -0.1) is 0 Å². The number of amides is 1. The fraction of sp³-hybridized carbons (Fsp3) is 0.562. The zero-order chi connectivity index (χ0) is 16.0. The lowest BCUT2D eigenvalue weighted by atomic mass is 10.0. The van der Waals surface area contributed by atoms with Crippen molar-refractivity contribution < 1.29 is 14.3 Å². The maximum atomic E-state index is 11.8. The maximum Gasteiger partial charge on any atom is 0.407 e.